The Bertz CT molecular complexity index is 544. The van der Waals surface area contributed by atoms with E-state index < -0.39 is 0 Å². The lowest BCUT2D eigenvalue weighted by Crippen LogP contribution is -2.04. The molecular formula is C8H6Cl2N6. The van der Waals surface area contributed by atoms with Crippen LogP contribution in [0.5, 0.6) is 0 Å². The number of halogens is 2. The van der Waals surface area contributed by atoms with E-state index in [0.29, 0.717) is 16.3 Å². The Morgan fingerprint density at radius 2 is 1.88 bits per heavy atom. The number of pyridine rings is 1. The van der Waals surface area contributed by atoms with E-state index >= 15 is 0 Å². The van der Waals surface area contributed by atoms with Crippen molar-refractivity contribution in [3.05, 3.63) is 22.4 Å². The summed E-state index contributed by atoms with van der Waals surface area (Å²) in [5, 5.41) is 7.93. The standard InChI is InChI=1S/C8H6Cl2N6/c9-4-1-3(2-13-6(4)10)5-7(11)14-8(12)16-15-5/h1-2H,(H4,11,12,14,16). The molecule has 0 aromatic carbocycles. The lowest BCUT2D eigenvalue weighted by atomic mass is 10.2. The van der Waals surface area contributed by atoms with Crippen molar-refractivity contribution in [3.63, 3.8) is 0 Å². The third-order valence-corrected chi connectivity index (χ3v) is 2.49. The van der Waals surface area contributed by atoms with E-state index in [2.05, 4.69) is 20.2 Å². The molecule has 0 amide bonds. The van der Waals surface area contributed by atoms with Gasteiger partial charge in [0.2, 0.25) is 5.95 Å². The van der Waals surface area contributed by atoms with E-state index in [1.807, 2.05) is 0 Å². The third kappa shape index (κ3) is 1.98. The van der Waals surface area contributed by atoms with Gasteiger partial charge in [-0.25, -0.2) is 4.98 Å². The third-order valence-electron chi connectivity index (χ3n) is 1.80. The predicted molar refractivity (Wildman–Crippen MR) is 61.9 cm³/mol. The monoisotopic (exact) mass is 256 g/mol. The maximum atomic E-state index is 5.82. The number of aromatic nitrogens is 4. The normalized spacial score (nSPS) is 10.4. The zero-order valence-electron chi connectivity index (χ0n) is 7.85. The molecule has 0 aliphatic rings. The van der Waals surface area contributed by atoms with Crippen LogP contribution in [-0.2, 0) is 0 Å². The van der Waals surface area contributed by atoms with Crippen LogP contribution in [0.4, 0.5) is 11.8 Å². The molecule has 0 aliphatic heterocycles. The molecule has 2 heterocycles. The molecule has 0 fully saturated rings. The Balaban J connectivity index is 2.54. The van der Waals surface area contributed by atoms with Crippen LogP contribution in [0, 0.1) is 0 Å². The fourth-order valence-electron chi connectivity index (χ4n) is 1.11. The van der Waals surface area contributed by atoms with Gasteiger partial charge in [-0.2, -0.15) is 4.98 Å². The molecule has 2 rings (SSSR count). The maximum absolute atomic E-state index is 5.82. The molecule has 0 spiro atoms. The van der Waals surface area contributed by atoms with Crippen molar-refractivity contribution in [1.29, 1.82) is 0 Å². The predicted octanol–water partition coefficient (Wildman–Crippen LogP) is 1.40. The van der Waals surface area contributed by atoms with Gasteiger partial charge in [-0.15, -0.1) is 10.2 Å². The van der Waals surface area contributed by atoms with E-state index in [9.17, 15) is 0 Å². The number of nitrogens with two attached hydrogens (primary N) is 2. The van der Waals surface area contributed by atoms with Crippen LogP contribution in [0.3, 0.4) is 0 Å². The highest BCUT2D eigenvalue weighted by atomic mass is 35.5. The Morgan fingerprint density at radius 1 is 1.12 bits per heavy atom. The van der Waals surface area contributed by atoms with Crippen LogP contribution in [0.15, 0.2) is 12.3 Å². The zero-order chi connectivity index (χ0) is 11.7. The van der Waals surface area contributed by atoms with Crippen molar-refractivity contribution < 1.29 is 0 Å². The highest BCUT2D eigenvalue weighted by Crippen LogP contribution is 2.27. The number of hydrogen-bond donors (Lipinski definition) is 2. The number of anilines is 2. The van der Waals surface area contributed by atoms with Gasteiger partial charge in [-0.05, 0) is 6.07 Å². The summed E-state index contributed by atoms with van der Waals surface area (Å²) in [6, 6.07) is 1.58. The Hall–Kier alpha value is -1.66. The second kappa shape index (κ2) is 4.07. The maximum Gasteiger partial charge on any atom is 0.242 e. The minimum atomic E-state index is 0.00858. The summed E-state index contributed by atoms with van der Waals surface area (Å²) >= 11 is 11.5. The molecule has 16 heavy (non-hydrogen) atoms. The summed E-state index contributed by atoms with van der Waals surface area (Å²) in [4.78, 5) is 7.65. The average Bonchev–Trinajstić information content (AvgIpc) is 2.22. The number of nitrogens with zero attached hydrogens (tertiary/aromatic N) is 4. The van der Waals surface area contributed by atoms with Crippen LogP contribution in [-0.4, -0.2) is 20.2 Å². The van der Waals surface area contributed by atoms with E-state index in [1.54, 1.807) is 6.07 Å². The second-order valence-corrected chi connectivity index (χ2v) is 3.67. The first-order valence-corrected chi connectivity index (χ1v) is 4.90. The molecule has 82 valence electrons. The van der Waals surface area contributed by atoms with Crippen molar-refractivity contribution in [2.45, 2.75) is 0 Å². The fourth-order valence-corrected chi connectivity index (χ4v) is 1.38. The van der Waals surface area contributed by atoms with Gasteiger partial charge in [0.15, 0.2) is 5.82 Å². The van der Waals surface area contributed by atoms with Gasteiger partial charge in [0.05, 0.1) is 5.02 Å². The van der Waals surface area contributed by atoms with Crippen LogP contribution in [0.25, 0.3) is 11.3 Å². The van der Waals surface area contributed by atoms with Crippen molar-refractivity contribution in [1.82, 2.24) is 20.2 Å². The summed E-state index contributed by atoms with van der Waals surface area (Å²) in [6.07, 6.45) is 1.48. The number of rotatable bonds is 1. The minimum Gasteiger partial charge on any atom is -0.382 e. The minimum absolute atomic E-state index is 0.00858. The lowest BCUT2D eigenvalue weighted by molar-refractivity contribution is 0.998. The molecule has 6 nitrogen and oxygen atoms in total. The molecule has 8 heteroatoms. The Morgan fingerprint density at radius 3 is 2.50 bits per heavy atom. The van der Waals surface area contributed by atoms with Gasteiger partial charge >= 0.3 is 0 Å². The first-order chi connectivity index (χ1) is 7.58. The van der Waals surface area contributed by atoms with Crippen LogP contribution < -0.4 is 11.5 Å². The fraction of sp³-hybridized carbons (Fsp3) is 0. The molecule has 0 bridgehead atoms. The van der Waals surface area contributed by atoms with Gasteiger partial charge in [0.1, 0.15) is 10.8 Å². The lowest BCUT2D eigenvalue weighted by Gasteiger charge is -2.03. The second-order valence-electron chi connectivity index (χ2n) is 2.90. The molecule has 2 aromatic rings. The Labute approximate surface area is 101 Å². The SMILES string of the molecule is Nc1nnc(-c2cnc(Cl)c(Cl)c2)c(N)n1. The van der Waals surface area contributed by atoms with Crippen LogP contribution >= 0.6 is 23.2 Å². The van der Waals surface area contributed by atoms with Gasteiger partial charge < -0.3 is 11.5 Å². The highest BCUT2D eigenvalue weighted by molar-refractivity contribution is 6.41. The summed E-state index contributed by atoms with van der Waals surface area (Å²) in [5.41, 5.74) is 11.9. The quantitative estimate of drug-likeness (QED) is 0.748. The molecule has 0 unspecified atom stereocenters. The summed E-state index contributed by atoms with van der Waals surface area (Å²) < 4.78 is 0. The van der Waals surface area contributed by atoms with E-state index in [-0.39, 0.29) is 16.9 Å². The largest absolute Gasteiger partial charge is 0.382 e. The molecule has 0 saturated heterocycles. The zero-order valence-corrected chi connectivity index (χ0v) is 9.37. The summed E-state index contributed by atoms with van der Waals surface area (Å²) in [6.45, 7) is 0. The summed E-state index contributed by atoms with van der Waals surface area (Å²) in [5.74, 6) is 0.168. The molecule has 0 saturated carbocycles. The first kappa shape index (κ1) is 10.8. The highest BCUT2D eigenvalue weighted by Gasteiger charge is 2.10. The van der Waals surface area contributed by atoms with Gasteiger partial charge in [-0.3, -0.25) is 0 Å². The molecule has 0 aliphatic carbocycles. The first-order valence-electron chi connectivity index (χ1n) is 4.15. The van der Waals surface area contributed by atoms with Crippen molar-refractivity contribution in [3.8, 4) is 11.3 Å². The van der Waals surface area contributed by atoms with Gasteiger partial charge in [-0.1, -0.05) is 23.2 Å². The molecule has 4 N–H and O–H groups in total. The van der Waals surface area contributed by atoms with E-state index in [4.69, 9.17) is 34.7 Å². The topological polar surface area (TPSA) is 104 Å². The van der Waals surface area contributed by atoms with Crippen molar-refractivity contribution >= 4 is 35.0 Å². The van der Waals surface area contributed by atoms with Crippen molar-refractivity contribution in [2.24, 2.45) is 0 Å². The van der Waals surface area contributed by atoms with Gasteiger partial charge in [0, 0.05) is 11.8 Å². The van der Waals surface area contributed by atoms with Crippen LogP contribution in [0.1, 0.15) is 0 Å². The molecule has 2 aromatic heterocycles. The molecular weight excluding hydrogens is 251 g/mol. The number of nitrogen functional groups attached to an aromatic ring is 2. The van der Waals surface area contributed by atoms with E-state index in [1.165, 1.54) is 6.20 Å². The number of hydrogen-bond acceptors (Lipinski definition) is 6. The summed E-state index contributed by atoms with van der Waals surface area (Å²) in [7, 11) is 0. The van der Waals surface area contributed by atoms with E-state index in [0.717, 1.165) is 0 Å². The van der Waals surface area contributed by atoms with Crippen LogP contribution in [0.2, 0.25) is 10.2 Å². The Kier molecular flexibility index (Phi) is 2.76. The molecule has 0 radical (unpaired) electrons. The van der Waals surface area contributed by atoms with Gasteiger partial charge in [0.25, 0.3) is 0 Å². The molecule has 0 atom stereocenters. The average molecular weight is 257 g/mol. The van der Waals surface area contributed by atoms with Crippen molar-refractivity contribution in [2.75, 3.05) is 11.5 Å². The smallest absolute Gasteiger partial charge is 0.242 e.